The highest BCUT2D eigenvalue weighted by Crippen LogP contribution is 2.26. The van der Waals surface area contributed by atoms with Crippen LogP contribution in [-0.2, 0) is 20.7 Å². The van der Waals surface area contributed by atoms with Gasteiger partial charge in [0, 0.05) is 18.9 Å². The summed E-state index contributed by atoms with van der Waals surface area (Å²) in [7, 11) is 0. The molecular weight excluding hydrogens is 436 g/mol. The number of hydrogen-bond donors (Lipinski definition) is 1. The third-order valence-corrected chi connectivity index (χ3v) is 6.61. The van der Waals surface area contributed by atoms with E-state index in [2.05, 4.69) is 20.6 Å². The van der Waals surface area contributed by atoms with Gasteiger partial charge in [0.05, 0.1) is 18.1 Å². The number of ether oxygens (including phenoxy) is 1. The summed E-state index contributed by atoms with van der Waals surface area (Å²) in [6.45, 7) is 3.58. The van der Waals surface area contributed by atoms with Gasteiger partial charge >= 0.3 is 5.97 Å². The average molecular weight is 457 g/mol. The number of aryl methyl sites for hydroxylation is 1. The first-order chi connectivity index (χ1) is 15.0. The largest absolute Gasteiger partial charge is 0.466 e. The van der Waals surface area contributed by atoms with Crippen LogP contribution in [0.2, 0.25) is 0 Å². The van der Waals surface area contributed by atoms with E-state index >= 15 is 0 Å². The second-order valence-corrected chi connectivity index (χ2v) is 8.86. The Labute approximate surface area is 186 Å². The van der Waals surface area contributed by atoms with E-state index in [-0.39, 0.29) is 23.7 Å². The van der Waals surface area contributed by atoms with Gasteiger partial charge in [-0.3, -0.25) is 9.59 Å². The summed E-state index contributed by atoms with van der Waals surface area (Å²) in [6.07, 6.45) is 2.84. The summed E-state index contributed by atoms with van der Waals surface area (Å²) in [5.41, 5.74) is 2.46. The van der Waals surface area contributed by atoms with Gasteiger partial charge in [-0.1, -0.05) is 60.4 Å². The highest BCUT2D eigenvalue weighted by Gasteiger charge is 2.30. The lowest BCUT2D eigenvalue weighted by molar-refractivity contribution is -0.141. The molecule has 1 N–H and O–H groups in total. The van der Waals surface area contributed by atoms with Gasteiger partial charge in [-0.15, -0.1) is 5.10 Å². The van der Waals surface area contributed by atoms with Crippen LogP contribution in [0.15, 0.2) is 40.5 Å². The molecule has 1 fully saturated rings. The first kappa shape index (κ1) is 21.2. The van der Waals surface area contributed by atoms with E-state index in [0.717, 1.165) is 33.3 Å². The summed E-state index contributed by atoms with van der Waals surface area (Å²) >= 11 is 2.81. The zero-order chi connectivity index (χ0) is 21.8. The SMILES string of the molecule is CCc1nn2c(/C=N/N=C3/NC(=O)C(CCOC(C)=O)S3)c(-c3ccccc3)nc2s1. The van der Waals surface area contributed by atoms with E-state index in [4.69, 9.17) is 9.72 Å². The number of imidazole rings is 1. The lowest BCUT2D eigenvalue weighted by Crippen LogP contribution is -2.25. The molecule has 1 unspecified atom stereocenters. The zero-order valence-electron chi connectivity index (χ0n) is 16.9. The molecule has 0 bridgehead atoms. The van der Waals surface area contributed by atoms with Gasteiger partial charge in [-0.2, -0.15) is 10.2 Å². The molecule has 1 aliphatic heterocycles. The molecule has 1 saturated heterocycles. The number of carbonyl (C=O) groups excluding carboxylic acids is 2. The molecular formula is C20H20N6O3S2. The summed E-state index contributed by atoms with van der Waals surface area (Å²) in [6, 6.07) is 9.83. The molecule has 0 saturated carbocycles. The molecule has 9 nitrogen and oxygen atoms in total. The van der Waals surface area contributed by atoms with Crippen LogP contribution in [0.4, 0.5) is 0 Å². The molecule has 11 heteroatoms. The number of amidine groups is 1. The maximum Gasteiger partial charge on any atom is 0.302 e. The monoisotopic (exact) mass is 456 g/mol. The van der Waals surface area contributed by atoms with Crippen molar-refractivity contribution in [3.05, 3.63) is 41.0 Å². The van der Waals surface area contributed by atoms with Crippen LogP contribution in [0.5, 0.6) is 0 Å². The molecule has 0 radical (unpaired) electrons. The summed E-state index contributed by atoms with van der Waals surface area (Å²) in [5, 5.41) is 16.7. The number of carbonyl (C=O) groups is 2. The fourth-order valence-electron chi connectivity index (χ4n) is 2.96. The third kappa shape index (κ3) is 4.83. The van der Waals surface area contributed by atoms with Gasteiger partial charge in [-0.25, -0.2) is 9.50 Å². The van der Waals surface area contributed by atoms with Crippen LogP contribution in [0.1, 0.15) is 31.0 Å². The van der Waals surface area contributed by atoms with Crippen molar-refractivity contribution in [1.82, 2.24) is 19.9 Å². The van der Waals surface area contributed by atoms with Gasteiger partial charge in [0.15, 0.2) is 5.17 Å². The molecule has 31 heavy (non-hydrogen) atoms. The smallest absolute Gasteiger partial charge is 0.302 e. The highest BCUT2D eigenvalue weighted by molar-refractivity contribution is 8.15. The first-order valence-electron chi connectivity index (χ1n) is 9.71. The molecule has 0 aliphatic carbocycles. The van der Waals surface area contributed by atoms with Crippen LogP contribution in [0.3, 0.4) is 0 Å². The van der Waals surface area contributed by atoms with Crippen molar-refractivity contribution in [2.45, 2.75) is 31.9 Å². The number of rotatable bonds is 7. The number of fused-ring (bicyclic) bond motifs is 1. The molecule has 3 heterocycles. The second kappa shape index (κ2) is 9.40. The predicted molar refractivity (Wildman–Crippen MR) is 121 cm³/mol. The zero-order valence-corrected chi connectivity index (χ0v) is 18.6. The van der Waals surface area contributed by atoms with E-state index in [9.17, 15) is 9.59 Å². The van der Waals surface area contributed by atoms with Gasteiger partial charge < -0.3 is 10.1 Å². The predicted octanol–water partition coefficient (Wildman–Crippen LogP) is 2.89. The Morgan fingerprint density at radius 3 is 2.90 bits per heavy atom. The van der Waals surface area contributed by atoms with Crippen LogP contribution in [0, 0.1) is 0 Å². The molecule has 1 aromatic carbocycles. The van der Waals surface area contributed by atoms with E-state index < -0.39 is 0 Å². The Hall–Kier alpha value is -3.05. The number of amides is 1. The van der Waals surface area contributed by atoms with E-state index in [1.807, 2.05) is 37.3 Å². The van der Waals surface area contributed by atoms with Crippen molar-refractivity contribution in [2.75, 3.05) is 6.61 Å². The topological polar surface area (TPSA) is 110 Å². The summed E-state index contributed by atoms with van der Waals surface area (Å²) in [5.74, 6) is -0.536. The van der Waals surface area contributed by atoms with Crippen LogP contribution < -0.4 is 5.32 Å². The second-order valence-electron chi connectivity index (χ2n) is 6.63. The van der Waals surface area contributed by atoms with Crippen molar-refractivity contribution < 1.29 is 14.3 Å². The van der Waals surface area contributed by atoms with Crippen LogP contribution in [0.25, 0.3) is 16.2 Å². The number of aromatic nitrogens is 3. The fourth-order valence-corrected chi connectivity index (χ4v) is 4.70. The van der Waals surface area contributed by atoms with E-state index in [0.29, 0.717) is 11.6 Å². The number of nitrogens with one attached hydrogen (secondary N) is 1. The summed E-state index contributed by atoms with van der Waals surface area (Å²) in [4.78, 5) is 28.5. The van der Waals surface area contributed by atoms with Gasteiger partial charge in [-0.05, 0) is 6.42 Å². The fraction of sp³-hybridized carbons (Fsp3) is 0.300. The van der Waals surface area contributed by atoms with E-state index in [1.54, 1.807) is 22.1 Å². The van der Waals surface area contributed by atoms with Gasteiger partial charge in [0.2, 0.25) is 10.9 Å². The van der Waals surface area contributed by atoms with Crippen molar-refractivity contribution in [2.24, 2.45) is 10.2 Å². The number of benzene rings is 1. The van der Waals surface area contributed by atoms with E-state index in [1.165, 1.54) is 18.7 Å². The van der Waals surface area contributed by atoms with Crippen LogP contribution in [-0.4, -0.2) is 49.7 Å². The Balaban J connectivity index is 1.56. The molecule has 0 spiro atoms. The third-order valence-electron chi connectivity index (χ3n) is 4.42. The Morgan fingerprint density at radius 1 is 1.35 bits per heavy atom. The normalized spacial score (nSPS) is 17.7. The minimum atomic E-state index is -0.364. The Morgan fingerprint density at radius 2 is 2.16 bits per heavy atom. The standard InChI is InChI=1S/C20H20N6O3S2/c1-3-16-25-26-14(17(22-20(26)31-16)13-7-5-4-6-8-13)11-21-24-19-23-18(28)15(30-19)9-10-29-12(2)27/h4-8,11,15H,3,9-10H2,1-2H3,(H,23,24,28)/b21-11+. The highest BCUT2D eigenvalue weighted by atomic mass is 32.2. The van der Waals surface area contributed by atoms with Gasteiger partial charge in [0.25, 0.3) is 0 Å². The lowest BCUT2D eigenvalue weighted by atomic mass is 10.1. The Kier molecular flexibility index (Phi) is 6.42. The first-order valence-corrected chi connectivity index (χ1v) is 11.4. The molecule has 1 atom stereocenters. The number of thioether (sulfide) groups is 1. The molecule has 4 rings (SSSR count). The molecule has 3 aromatic rings. The lowest BCUT2D eigenvalue weighted by Gasteiger charge is -2.04. The average Bonchev–Trinajstić information content (AvgIpc) is 3.42. The maximum absolute atomic E-state index is 12.1. The molecule has 1 amide bonds. The van der Waals surface area contributed by atoms with Crippen molar-refractivity contribution in [1.29, 1.82) is 0 Å². The molecule has 1 aliphatic rings. The Bertz CT molecular complexity index is 1170. The summed E-state index contributed by atoms with van der Waals surface area (Å²) < 4.78 is 6.68. The quantitative estimate of drug-likeness (QED) is 0.333. The maximum atomic E-state index is 12.1. The molecule has 160 valence electrons. The number of hydrogen-bond acceptors (Lipinski definition) is 9. The van der Waals surface area contributed by atoms with Crippen molar-refractivity contribution in [3.8, 4) is 11.3 Å². The minimum Gasteiger partial charge on any atom is -0.466 e. The molecule has 2 aromatic heterocycles. The van der Waals surface area contributed by atoms with Crippen LogP contribution >= 0.6 is 23.1 Å². The van der Waals surface area contributed by atoms with Crippen molar-refractivity contribution in [3.63, 3.8) is 0 Å². The van der Waals surface area contributed by atoms with Gasteiger partial charge in [0.1, 0.15) is 16.4 Å². The number of esters is 1. The minimum absolute atomic E-state index is 0.171. The number of nitrogens with zero attached hydrogens (tertiary/aromatic N) is 5. The van der Waals surface area contributed by atoms with Crippen molar-refractivity contribution >= 4 is 51.3 Å².